The molecule has 4 aromatic heterocycles. The van der Waals surface area contributed by atoms with Gasteiger partial charge in [0.1, 0.15) is 0 Å². The number of urea groups is 1. The number of pyridine rings is 2. The van der Waals surface area contributed by atoms with E-state index < -0.39 is 0 Å². The first-order chi connectivity index (χ1) is 19.0. The van der Waals surface area contributed by atoms with Crippen molar-refractivity contribution in [3.63, 3.8) is 0 Å². The molecule has 0 spiro atoms. The second kappa shape index (κ2) is 10.2. The van der Waals surface area contributed by atoms with Crippen molar-refractivity contribution in [2.75, 3.05) is 38.5 Å². The first-order valence-electron chi connectivity index (χ1n) is 13.0. The number of benzene rings is 1. The van der Waals surface area contributed by atoms with Gasteiger partial charge in [0.2, 0.25) is 0 Å². The summed E-state index contributed by atoms with van der Waals surface area (Å²) in [5.74, 6) is 0. The second-order valence-corrected chi connectivity index (χ2v) is 9.85. The fraction of sp³-hybridized carbons (Fsp3) is 0.200. The van der Waals surface area contributed by atoms with Crippen LogP contribution in [0.15, 0.2) is 73.7 Å². The molecule has 1 aliphatic heterocycles. The first-order valence-corrected chi connectivity index (χ1v) is 13.0. The van der Waals surface area contributed by atoms with Gasteiger partial charge in [-0.3, -0.25) is 10.1 Å². The second-order valence-electron chi connectivity index (χ2n) is 9.85. The highest BCUT2D eigenvalue weighted by Crippen LogP contribution is 2.33. The molecular weight excluding hydrogens is 488 g/mol. The number of amides is 2. The van der Waals surface area contributed by atoms with Crippen LogP contribution in [0.1, 0.15) is 12.5 Å². The first kappa shape index (κ1) is 24.6. The number of anilines is 1. The van der Waals surface area contributed by atoms with Crippen molar-refractivity contribution in [2.45, 2.75) is 6.92 Å². The van der Waals surface area contributed by atoms with Crippen LogP contribution in [0.5, 0.6) is 0 Å². The van der Waals surface area contributed by atoms with Gasteiger partial charge in [-0.25, -0.2) is 9.78 Å². The molecule has 1 aliphatic rings. The van der Waals surface area contributed by atoms with Gasteiger partial charge in [-0.1, -0.05) is 30.9 Å². The standard InChI is InChI=1S/C30H30N8O/c1-4-6-19(2)23-7-5-8-26-24(23)15-27(34-26)28-25-14-21(17-32-29(25)36-35-28)20-13-22(18-31-16-20)33-30(39)38-11-9-37(3)10-12-38/h4-8,13-18,34H,2,9-12H2,1,3H3,(H,33,39)(H,32,35,36)/b6-4-. The molecule has 3 N–H and O–H groups in total. The maximum absolute atomic E-state index is 12.8. The molecule has 1 saturated heterocycles. The number of aromatic amines is 2. The van der Waals surface area contributed by atoms with Gasteiger partial charge >= 0.3 is 6.03 Å². The predicted molar refractivity (Wildman–Crippen MR) is 156 cm³/mol. The number of likely N-dealkylation sites (N-methyl/N-ethyl adjacent to an activating group) is 1. The summed E-state index contributed by atoms with van der Waals surface area (Å²) in [6.45, 7) is 9.35. The highest BCUT2D eigenvalue weighted by molar-refractivity contribution is 6.00. The predicted octanol–water partition coefficient (Wildman–Crippen LogP) is 5.54. The summed E-state index contributed by atoms with van der Waals surface area (Å²) in [6.07, 6.45) is 9.22. The third kappa shape index (κ3) is 4.80. The van der Waals surface area contributed by atoms with Crippen LogP contribution in [-0.4, -0.2) is 74.2 Å². The normalized spacial score (nSPS) is 14.5. The average Bonchev–Trinajstić information content (AvgIpc) is 3.57. The van der Waals surface area contributed by atoms with Gasteiger partial charge in [-0.15, -0.1) is 0 Å². The van der Waals surface area contributed by atoms with Crippen LogP contribution in [0.4, 0.5) is 10.5 Å². The maximum Gasteiger partial charge on any atom is 0.321 e. The number of carbonyl (C=O) groups is 1. The Hall–Kier alpha value is -4.76. The monoisotopic (exact) mass is 518 g/mol. The lowest BCUT2D eigenvalue weighted by atomic mass is 10.0. The van der Waals surface area contributed by atoms with E-state index in [0.717, 1.165) is 63.0 Å². The number of nitrogens with one attached hydrogen (secondary N) is 3. The van der Waals surface area contributed by atoms with Crippen LogP contribution < -0.4 is 5.32 Å². The summed E-state index contributed by atoms with van der Waals surface area (Å²) in [4.78, 5) is 29.3. The lowest BCUT2D eigenvalue weighted by Gasteiger charge is -2.32. The Morgan fingerprint density at radius 1 is 1.05 bits per heavy atom. The molecule has 9 nitrogen and oxygen atoms in total. The molecule has 0 aliphatic carbocycles. The van der Waals surface area contributed by atoms with Gasteiger partial charge in [0, 0.05) is 66.0 Å². The number of carbonyl (C=O) groups excluding carboxylic acids is 1. The zero-order valence-corrected chi connectivity index (χ0v) is 22.0. The number of piperazine rings is 1. The van der Waals surface area contributed by atoms with E-state index >= 15 is 0 Å². The quantitative estimate of drug-likeness (QED) is 0.265. The van der Waals surface area contributed by atoms with E-state index in [9.17, 15) is 4.79 Å². The van der Waals surface area contributed by atoms with Gasteiger partial charge in [0.25, 0.3) is 0 Å². The maximum atomic E-state index is 12.8. The Bertz CT molecular complexity index is 1720. The molecule has 6 rings (SSSR count). The van der Waals surface area contributed by atoms with Gasteiger partial charge < -0.3 is 20.1 Å². The van der Waals surface area contributed by atoms with E-state index in [4.69, 9.17) is 0 Å². The number of allylic oxidation sites excluding steroid dienone is 3. The molecule has 5 heterocycles. The number of nitrogens with zero attached hydrogens (tertiary/aromatic N) is 5. The summed E-state index contributed by atoms with van der Waals surface area (Å²) in [5, 5.41) is 12.6. The van der Waals surface area contributed by atoms with Gasteiger partial charge in [-0.2, -0.15) is 5.10 Å². The van der Waals surface area contributed by atoms with Crippen LogP contribution in [0.25, 0.3) is 50.0 Å². The van der Waals surface area contributed by atoms with Crippen molar-refractivity contribution in [2.24, 2.45) is 0 Å². The summed E-state index contributed by atoms with van der Waals surface area (Å²) in [7, 11) is 2.07. The molecule has 0 radical (unpaired) electrons. The van der Waals surface area contributed by atoms with E-state index in [0.29, 0.717) is 24.4 Å². The lowest BCUT2D eigenvalue weighted by molar-refractivity contribution is 0.164. The molecule has 0 atom stereocenters. The minimum absolute atomic E-state index is 0.108. The topological polar surface area (TPSA) is 106 Å². The third-order valence-electron chi connectivity index (χ3n) is 7.17. The fourth-order valence-corrected chi connectivity index (χ4v) is 5.00. The smallest absolute Gasteiger partial charge is 0.321 e. The van der Waals surface area contributed by atoms with Gasteiger partial charge in [-0.05, 0) is 49.4 Å². The average molecular weight is 519 g/mol. The van der Waals surface area contributed by atoms with Crippen LogP contribution in [-0.2, 0) is 0 Å². The molecule has 196 valence electrons. The summed E-state index contributed by atoms with van der Waals surface area (Å²) >= 11 is 0. The highest BCUT2D eigenvalue weighted by Gasteiger charge is 2.19. The summed E-state index contributed by atoms with van der Waals surface area (Å²) in [5.41, 5.74) is 7.83. The third-order valence-corrected chi connectivity index (χ3v) is 7.17. The van der Waals surface area contributed by atoms with Crippen molar-refractivity contribution >= 4 is 39.2 Å². The number of fused-ring (bicyclic) bond motifs is 2. The number of aromatic nitrogens is 5. The SMILES string of the molecule is C=C(/C=C\C)c1cccc2[nH]c(-c3[nH]nc4ncc(-c5cncc(NC(=O)N6CCN(C)CC6)c5)cc34)cc12. The molecule has 0 bridgehead atoms. The van der Waals surface area contributed by atoms with Crippen LogP contribution >= 0.6 is 0 Å². The molecule has 2 amide bonds. The minimum atomic E-state index is -0.108. The molecule has 39 heavy (non-hydrogen) atoms. The van der Waals surface area contributed by atoms with Crippen molar-refractivity contribution in [1.29, 1.82) is 0 Å². The van der Waals surface area contributed by atoms with Crippen LogP contribution in [0.2, 0.25) is 0 Å². The molecule has 9 heteroatoms. The number of rotatable bonds is 5. The minimum Gasteiger partial charge on any atom is -0.353 e. The Labute approximate surface area is 226 Å². The Morgan fingerprint density at radius 2 is 1.87 bits per heavy atom. The molecule has 0 saturated carbocycles. The summed E-state index contributed by atoms with van der Waals surface area (Å²) < 4.78 is 0. The molecule has 1 fully saturated rings. The molecule has 1 aromatic carbocycles. The Balaban J connectivity index is 1.31. The van der Waals surface area contributed by atoms with E-state index in [1.165, 1.54) is 0 Å². The van der Waals surface area contributed by atoms with E-state index in [1.54, 1.807) is 18.6 Å². The van der Waals surface area contributed by atoms with E-state index in [2.05, 4.69) is 73.3 Å². The number of hydrogen-bond acceptors (Lipinski definition) is 5. The Kier molecular flexibility index (Phi) is 6.42. The van der Waals surface area contributed by atoms with Crippen LogP contribution in [0, 0.1) is 0 Å². The van der Waals surface area contributed by atoms with Crippen molar-refractivity contribution in [1.82, 2.24) is 34.9 Å². The van der Waals surface area contributed by atoms with Crippen molar-refractivity contribution in [3.8, 4) is 22.5 Å². The zero-order chi connectivity index (χ0) is 26.9. The number of hydrogen-bond donors (Lipinski definition) is 3. The largest absolute Gasteiger partial charge is 0.353 e. The molecule has 0 unspecified atom stereocenters. The van der Waals surface area contributed by atoms with Crippen molar-refractivity contribution in [3.05, 3.63) is 79.3 Å². The molecule has 5 aromatic rings. The van der Waals surface area contributed by atoms with Crippen molar-refractivity contribution < 1.29 is 4.79 Å². The fourth-order valence-electron chi connectivity index (χ4n) is 5.00. The van der Waals surface area contributed by atoms with E-state index in [1.807, 2.05) is 36.1 Å². The number of H-pyrrole nitrogens is 2. The van der Waals surface area contributed by atoms with Gasteiger partial charge in [0.05, 0.1) is 23.3 Å². The lowest BCUT2D eigenvalue weighted by Crippen LogP contribution is -2.48. The molecular formula is C30H30N8O. The van der Waals surface area contributed by atoms with Gasteiger partial charge in [0.15, 0.2) is 5.65 Å². The van der Waals surface area contributed by atoms with E-state index in [-0.39, 0.29) is 6.03 Å². The summed E-state index contributed by atoms with van der Waals surface area (Å²) in [6, 6.07) is 12.1. The van der Waals surface area contributed by atoms with Crippen LogP contribution in [0.3, 0.4) is 0 Å². The zero-order valence-electron chi connectivity index (χ0n) is 22.0. The Morgan fingerprint density at radius 3 is 2.69 bits per heavy atom. The highest BCUT2D eigenvalue weighted by atomic mass is 16.2.